The first-order chi connectivity index (χ1) is 9.28. The Balaban J connectivity index is 1.87. The number of hydrogen-bond acceptors (Lipinski definition) is 4. The van der Waals surface area contributed by atoms with Crippen LogP contribution in [-0.2, 0) is 0 Å². The molecular formula is C14H20N4O. The van der Waals surface area contributed by atoms with Gasteiger partial charge in [0.05, 0.1) is 23.1 Å². The lowest BCUT2D eigenvalue weighted by atomic mass is 9.94. The van der Waals surface area contributed by atoms with E-state index in [1.165, 1.54) is 6.42 Å². The van der Waals surface area contributed by atoms with E-state index in [4.69, 9.17) is 10.8 Å². The predicted octanol–water partition coefficient (Wildman–Crippen LogP) is 1.74. The molecule has 0 amide bonds. The Morgan fingerprint density at radius 2 is 2.37 bits per heavy atom. The van der Waals surface area contributed by atoms with E-state index in [1.54, 1.807) is 6.20 Å². The number of H-pyrrole nitrogens is 1. The van der Waals surface area contributed by atoms with Crippen molar-refractivity contribution in [3.8, 4) is 0 Å². The molecule has 2 aromatic rings. The minimum atomic E-state index is 0.271. The van der Waals surface area contributed by atoms with Crippen molar-refractivity contribution in [1.82, 2.24) is 10.2 Å². The second-order valence-electron chi connectivity index (χ2n) is 5.33. The minimum Gasteiger partial charge on any atom is -0.397 e. The number of aromatic nitrogens is 2. The maximum atomic E-state index is 9.09. The third-order valence-corrected chi connectivity index (χ3v) is 3.98. The first-order valence-electron chi connectivity index (χ1n) is 6.86. The molecule has 5 heteroatoms. The van der Waals surface area contributed by atoms with Gasteiger partial charge in [0.2, 0.25) is 0 Å². The van der Waals surface area contributed by atoms with Gasteiger partial charge in [-0.25, -0.2) is 0 Å². The van der Waals surface area contributed by atoms with Crippen molar-refractivity contribution in [2.45, 2.75) is 19.3 Å². The molecule has 1 atom stereocenters. The average molecular weight is 260 g/mol. The summed E-state index contributed by atoms with van der Waals surface area (Å²) in [4.78, 5) is 2.33. The Bertz CT molecular complexity index is 564. The Morgan fingerprint density at radius 1 is 1.47 bits per heavy atom. The summed E-state index contributed by atoms with van der Waals surface area (Å²) in [6, 6.07) is 4.06. The lowest BCUT2D eigenvalue weighted by molar-refractivity contribution is 0.244. The van der Waals surface area contributed by atoms with Gasteiger partial charge >= 0.3 is 0 Å². The SMILES string of the molecule is Nc1cc2cn[nH]c2cc1N1CCCC(CCO)C1. The first-order valence-corrected chi connectivity index (χ1v) is 6.86. The van der Waals surface area contributed by atoms with Gasteiger partial charge in [-0.3, -0.25) is 5.10 Å². The highest BCUT2D eigenvalue weighted by atomic mass is 16.3. The van der Waals surface area contributed by atoms with E-state index in [-0.39, 0.29) is 6.61 Å². The molecule has 1 unspecified atom stereocenters. The molecule has 5 nitrogen and oxygen atoms in total. The number of aliphatic hydroxyl groups excluding tert-OH is 1. The van der Waals surface area contributed by atoms with E-state index in [9.17, 15) is 0 Å². The molecule has 2 heterocycles. The van der Waals surface area contributed by atoms with Crippen molar-refractivity contribution in [2.24, 2.45) is 5.92 Å². The number of anilines is 2. The van der Waals surface area contributed by atoms with Crippen molar-refractivity contribution in [1.29, 1.82) is 0 Å². The van der Waals surface area contributed by atoms with Crippen LogP contribution in [-0.4, -0.2) is 35.0 Å². The largest absolute Gasteiger partial charge is 0.397 e. The fourth-order valence-corrected chi connectivity index (χ4v) is 2.97. The lowest BCUT2D eigenvalue weighted by Crippen LogP contribution is -2.36. The third-order valence-electron chi connectivity index (χ3n) is 3.98. The first kappa shape index (κ1) is 12.3. The molecule has 1 aromatic carbocycles. The van der Waals surface area contributed by atoms with Crippen LogP contribution < -0.4 is 10.6 Å². The Labute approximate surface area is 112 Å². The van der Waals surface area contributed by atoms with Crippen LogP contribution in [0.4, 0.5) is 11.4 Å². The molecule has 3 rings (SSSR count). The molecule has 4 N–H and O–H groups in total. The van der Waals surface area contributed by atoms with E-state index in [1.807, 2.05) is 6.07 Å². The van der Waals surface area contributed by atoms with Crippen LogP contribution in [0.3, 0.4) is 0 Å². The van der Waals surface area contributed by atoms with Gasteiger partial charge in [-0.15, -0.1) is 0 Å². The standard InChI is InChI=1S/C14H20N4O/c15-12-6-11-8-16-17-13(11)7-14(12)18-4-1-2-10(9-18)3-5-19/h6-8,10,19H,1-5,9,15H2,(H,16,17). The molecule has 0 spiro atoms. The fraction of sp³-hybridized carbons (Fsp3) is 0.500. The highest BCUT2D eigenvalue weighted by Crippen LogP contribution is 2.32. The number of fused-ring (bicyclic) bond motifs is 1. The van der Waals surface area contributed by atoms with Gasteiger partial charge in [0.1, 0.15) is 0 Å². The number of aromatic amines is 1. The van der Waals surface area contributed by atoms with Gasteiger partial charge in [-0.05, 0) is 37.3 Å². The monoisotopic (exact) mass is 260 g/mol. The molecule has 0 aliphatic carbocycles. The van der Waals surface area contributed by atoms with Gasteiger partial charge in [-0.1, -0.05) is 0 Å². The molecule has 19 heavy (non-hydrogen) atoms. The van der Waals surface area contributed by atoms with E-state index < -0.39 is 0 Å². The lowest BCUT2D eigenvalue weighted by Gasteiger charge is -2.35. The number of piperidine rings is 1. The summed E-state index contributed by atoms with van der Waals surface area (Å²) in [5, 5.41) is 17.2. The van der Waals surface area contributed by atoms with Crippen LogP contribution in [0.25, 0.3) is 10.9 Å². The summed E-state index contributed by atoms with van der Waals surface area (Å²) in [6.07, 6.45) is 5.03. The van der Waals surface area contributed by atoms with Crippen LogP contribution in [0, 0.1) is 5.92 Å². The number of hydrogen-bond donors (Lipinski definition) is 3. The summed E-state index contributed by atoms with van der Waals surface area (Å²) in [7, 11) is 0. The second kappa shape index (κ2) is 5.09. The average Bonchev–Trinajstić information content (AvgIpc) is 2.85. The molecule has 0 bridgehead atoms. The van der Waals surface area contributed by atoms with Crippen LogP contribution in [0.5, 0.6) is 0 Å². The van der Waals surface area contributed by atoms with E-state index in [2.05, 4.69) is 21.2 Å². The summed E-state index contributed by atoms with van der Waals surface area (Å²) in [5.74, 6) is 0.565. The summed E-state index contributed by atoms with van der Waals surface area (Å²) >= 11 is 0. The Hall–Kier alpha value is -1.75. The smallest absolute Gasteiger partial charge is 0.0672 e. The normalized spacial score (nSPS) is 20.1. The summed E-state index contributed by atoms with van der Waals surface area (Å²) in [6.45, 7) is 2.28. The zero-order valence-corrected chi connectivity index (χ0v) is 11.0. The Morgan fingerprint density at radius 3 is 3.21 bits per heavy atom. The number of rotatable bonds is 3. The van der Waals surface area contributed by atoms with Gasteiger partial charge in [0.25, 0.3) is 0 Å². The Kier molecular flexibility index (Phi) is 3.29. The molecule has 102 valence electrons. The number of nitrogen functional groups attached to an aromatic ring is 1. The molecule has 1 aliphatic rings. The van der Waals surface area contributed by atoms with Gasteiger partial charge < -0.3 is 15.7 Å². The zero-order valence-electron chi connectivity index (χ0n) is 11.0. The number of aliphatic hydroxyl groups is 1. The van der Waals surface area contributed by atoms with Crippen molar-refractivity contribution in [3.63, 3.8) is 0 Å². The van der Waals surface area contributed by atoms with E-state index >= 15 is 0 Å². The topological polar surface area (TPSA) is 78.2 Å². The number of benzene rings is 1. The van der Waals surface area contributed by atoms with Crippen LogP contribution >= 0.6 is 0 Å². The van der Waals surface area contributed by atoms with Crippen molar-refractivity contribution in [3.05, 3.63) is 18.3 Å². The molecule has 1 fully saturated rings. The molecule has 0 saturated carbocycles. The van der Waals surface area contributed by atoms with E-state index in [0.717, 1.165) is 48.2 Å². The minimum absolute atomic E-state index is 0.271. The summed E-state index contributed by atoms with van der Waals surface area (Å²) in [5.41, 5.74) is 9.07. The quantitative estimate of drug-likeness (QED) is 0.735. The fourth-order valence-electron chi connectivity index (χ4n) is 2.97. The van der Waals surface area contributed by atoms with Crippen molar-refractivity contribution < 1.29 is 5.11 Å². The maximum Gasteiger partial charge on any atom is 0.0672 e. The zero-order chi connectivity index (χ0) is 13.2. The molecule has 1 saturated heterocycles. The van der Waals surface area contributed by atoms with Gasteiger partial charge in [0, 0.05) is 25.1 Å². The van der Waals surface area contributed by atoms with Crippen LogP contribution in [0.2, 0.25) is 0 Å². The second-order valence-corrected chi connectivity index (χ2v) is 5.33. The molecule has 1 aliphatic heterocycles. The molecular weight excluding hydrogens is 240 g/mol. The van der Waals surface area contributed by atoms with Crippen LogP contribution in [0.15, 0.2) is 18.3 Å². The predicted molar refractivity (Wildman–Crippen MR) is 77.1 cm³/mol. The van der Waals surface area contributed by atoms with Gasteiger partial charge in [0.15, 0.2) is 0 Å². The van der Waals surface area contributed by atoms with Gasteiger partial charge in [-0.2, -0.15) is 5.10 Å². The highest BCUT2D eigenvalue weighted by Gasteiger charge is 2.21. The maximum absolute atomic E-state index is 9.09. The third kappa shape index (κ3) is 2.38. The van der Waals surface area contributed by atoms with Crippen molar-refractivity contribution in [2.75, 3.05) is 30.3 Å². The number of nitrogens with zero attached hydrogens (tertiary/aromatic N) is 2. The van der Waals surface area contributed by atoms with E-state index in [0.29, 0.717) is 5.92 Å². The number of nitrogens with one attached hydrogen (secondary N) is 1. The molecule has 0 radical (unpaired) electrons. The summed E-state index contributed by atoms with van der Waals surface area (Å²) < 4.78 is 0. The number of nitrogens with two attached hydrogens (primary N) is 1. The van der Waals surface area contributed by atoms with Crippen molar-refractivity contribution >= 4 is 22.3 Å². The van der Waals surface area contributed by atoms with Crippen LogP contribution in [0.1, 0.15) is 19.3 Å². The molecule has 1 aromatic heterocycles. The highest BCUT2D eigenvalue weighted by molar-refractivity contribution is 5.88.